The number of piperidine rings is 1. The summed E-state index contributed by atoms with van der Waals surface area (Å²) < 4.78 is 11.6. The number of benzene rings is 1. The highest BCUT2D eigenvalue weighted by Crippen LogP contribution is 2.39. The van der Waals surface area contributed by atoms with Crippen LogP contribution in [0.1, 0.15) is 42.6 Å². The van der Waals surface area contributed by atoms with Crippen LogP contribution >= 0.6 is 0 Å². The second kappa shape index (κ2) is 9.16. The highest BCUT2D eigenvalue weighted by Gasteiger charge is 2.42. The minimum Gasteiger partial charge on any atom is -0.378 e. The van der Waals surface area contributed by atoms with E-state index in [-0.39, 0.29) is 17.4 Å². The number of aromatic nitrogens is 1. The number of hydrogen-bond donors (Lipinski definition) is 0. The Labute approximate surface area is 188 Å². The van der Waals surface area contributed by atoms with Crippen LogP contribution in [-0.4, -0.2) is 78.2 Å². The van der Waals surface area contributed by atoms with Crippen molar-refractivity contribution in [1.82, 2.24) is 14.8 Å². The number of nitrogens with zero attached hydrogens (tertiary/aromatic N) is 3. The number of likely N-dealkylation sites (tertiary alicyclic amines) is 1. The van der Waals surface area contributed by atoms with Gasteiger partial charge in [0.2, 0.25) is 5.91 Å². The van der Waals surface area contributed by atoms with Gasteiger partial charge in [-0.25, -0.2) is 4.98 Å². The maximum Gasteiger partial charge on any atom is 0.272 e. The first kappa shape index (κ1) is 21.3. The van der Waals surface area contributed by atoms with Crippen LogP contribution in [0.15, 0.2) is 36.4 Å². The predicted octanol–water partition coefficient (Wildman–Crippen LogP) is 2.89. The molecule has 1 unspecified atom stereocenters. The summed E-state index contributed by atoms with van der Waals surface area (Å²) in [5.74, 6) is 0.578. The molecule has 3 aliphatic rings. The molecule has 0 aliphatic carbocycles. The van der Waals surface area contributed by atoms with Gasteiger partial charge >= 0.3 is 0 Å². The first-order valence-electron chi connectivity index (χ1n) is 11.8. The zero-order valence-electron chi connectivity index (χ0n) is 18.5. The number of pyridine rings is 1. The quantitative estimate of drug-likeness (QED) is 0.738. The summed E-state index contributed by atoms with van der Waals surface area (Å²) in [6.07, 6.45) is 4.05. The topological polar surface area (TPSA) is 72.0 Å². The van der Waals surface area contributed by atoms with E-state index in [0.717, 1.165) is 36.6 Å². The van der Waals surface area contributed by atoms with E-state index in [1.165, 1.54) is 0 Å². The molecule has 1 spiro atoms. The average molecular weight is 438 g/mol. The van der Waals surface area contributed by atoms with Crippen molar-refractivity contribution in [2.45, 2.75) is 37.7 Å². The van der Waals surface area contributed by atoms with Gasteiger partial charge < -0.3 is 19.3 Å². The van der Waals surface area contributed by atoms with Gasteiger partial charge in [-0.15, -0.1) is 0 Å². The zero-order chi connectivity index (χ0) is 22.0. The van der Waals surface area contributed by atoms with Crippen molar-refractivity contribution >= 4 is 22.7 Å². The molecule has 1 atom stereocenters. The summed E-state index contributed by atoms with van der Waals surface area (Å²) in [6, 6.07) is 11.6. The van der Waals surface area contributed by atoms with Crippen molar-refractivity contribution in [2.24, 2.45) is 5.92 Å². The Hall–Kier alpha value is -2.51. The molecule has 2 aromatic rings. The van der Waals surface area contributed by atoms with Gasteiger partial charge in [0.25, 0.3) is 5.91 Å². The molecule has 5 rings (SSSR count). The van der Waals surface area contributed by atoms with E-state index in [1.54, 1.807) is 0 Å². The third-order valence-electron chi connectivity index (χ3n) is 7.20. The number of para-hydroxylation sites is 1. The van der Waals surface area contributed by atoms with Crippen LogP contribution in [-0.2, 0) is 14.3 Å². The molecule has 7 heteroatoms. The van der Waals surface area contributed by atoms with E-state index in [4.69, 9.17) is 9.47 Å². The normalized spacial score (nSPS) is 23.4. The molecule has 1 aromatic carbocycles. The fourth-order valence-corrected chi connectivity index (χ4v) is 5.31. The van der Waals surface area contributed by atoms with Crippen LogP contribution in [0.5, 0.6) is 0 Å². The number of rotatable bonds is 3. The highest BCUT2D eigenvalue weighted by atomic mass is 16.5. The van der Waals surface area contributed by atoms with E-state index >= 15 is 0 Å². The van der Waals surface area contributed by atoms with Crippen LogP contribution in [0.2, 0.25) is 0 Å². The van der Waals surface area contributed by atoms with E-state index in [0.29, 0.717) is 64.0 Å². The smallest absolute Gasteiger partial charge is 0.272 e. The number of ether oxygens (including phenoxy) is 2. The Balaban J connectivity index is 1.18. The van der Waals surface area contributed by atoms with Crippen molar-refractivity contribution in [1.29, 1.82) is 0 Å². The summed E-state index contributed by atoms with van der Waals surface area (Å²) in [6.45, 7) is 4.70. The summed E-state index contributed by atoms with van der Waals surface area (Å²) in [4.78, 5) is 34.2. The van der Waals surface area contributed by atoms with Crippen LogP contribution in [0.25, 0.3) is 10.9 Å². The molecule has 170 valence electrons. The number of carbonyl (C=O) groups is 2. The van der Waals surface area contributed by atoms with Crippen molar-refractivity contribution in [3.63, 3.8) is 0 Å². The SMILES string of the molecule is O=C(CC1CCOC2(CCN(C(=O)c3ccc4ccccc4n3)CC2)C1)N1CCOCC1. The third-order valence-corrected chi connectivity index (χ3v) is 7.20. The molecule has 0 bridgehead atoms. The Morgan fingerprint density at radius 3 is 2.56 bits per heavy atom. The van der Waals surface area contributed by atoms with Crippen molar-refractivity contribution in [3.8, 4) is 0 Å². The summed E-state index contributed by atoms with van der Waals surface area (Å²) in [5.41, 5.74) is 1.13. The number of morpholine rings is 1. The average Bonchev–Trinajstić information content (AvgIpc) is 2.84. The molecule has 0 N–H and O–H groups in total. The second-order valence-electron chi connectivity index (χ2n) is 9.27. The predicted molar refractivity (Wildman–Crippen MR) is 120 cm³/mol. The molecule has 7 nitrogen and oxygen atoms in total. The first-order valence-corrected chi connectivity index (χ1v) is 11.8. The molecule has 0 radical (unpaired) electrons. The summed E-state index contributed by atoms with van der Waals surface area (Å²) in [5, 5.41) is 1.04. The lowest BCUT2D eigenvalue weighted by Gasteiger charge is -2.46. The molecule has 1 aromatic heterocycles. The number of fused-ring (bicyclic) bond motifs is 1. The van der Waals surface area contributed by atoms with Gasteiger partial charge in [0.15, 0.2) is 0 Å². The van der Waals surface area contributed by atoms with Crippen LogP contribution in [0.3, 0.4) is 0 Å². The van der Waals surface area contributed by atoms with Crippen molar-refractivity contribution < 1.29 is 19.1 Å². The molecule has 32 heavy (non-hydrogen) atoms. The standard InChI is InChI=1S/C25H31N3O4/c29-23(27-12-15-31-16-13-27)17-19-7-14-32-25(18-19)8-10-28(11-9-25)24(30)22-6-5-20-3-1-2-4-21(20)26-22/h1-6,19H,7-18H2. The van der Waals surface area contributed by atoms with Crippen molar-refractivity contribution in [2.75, 3.05) is 46.0 Å². The van der Waals surface area contributed by atoms with Crippen LogP contribution in [0, 0.1) is 5.92 Å². The fourth-order valence-electron chi connectivity index (χ4n) is 5.31. The molecule has 3 saturated heterocycles. The third kappa shape index (κ3) is 4.50. The maximum absolute atomic E-state index is 13.1. The first-order chi connectivity index (χ1) is 15.6. The van der Waals surface area contributed by atoms with Gasteiger partial charge in [0.1, 0.15) is 5.69 Å². The Morgan fingerprint density at radius 1 is 0.969 bits per heavy atom. The van der Waals surface area contributed by atoms with Gasteiger partial charge in [-0.05, 0) is 43.7 Å². The molecule has 3 aliphatic heterocycles. The molecule has 4 heterocycles. The van der Waals surface area contributed by atoms with Gasteiger partial charge in [-0.3, -0.25) is 9.59 Å². The Bertz CT molecular complexity index is 980. The lowest BCUT2D eigenvalue weighted by molar-refractivity contribution is -0.143. The number of hydrogen-bond acceptors (Lipinski definition) is 5. The van der Waals surface area contributed by atoms with E-state index in [2.05, 4.69) is 4.98 Å². The lowest BCUT2D eigenvalue weighted by atomic mass is 9.78. The van der Waals surface area contributed by atoms with Crippen LogP contribution < -0.4 is 0 Å². The molecule has 2 amide bonds. The minimum atomic E-state index is -0.207. The largest absolute Gasteiger partial charge is 0.378 e. The van der Waals surface area contributed by atoms with Gasteiger partial charge in [0.05, 0.1) is 24.3 Å². The lowest BCUT2D eigenvalue weighted by Crippen LogP contribution is -2.51. The van der Waals surface area contributed by atoms with E-state index in [9.17, 15) is 9.59 Å². The van der Waals surface area contributed by atoms with Gasteiger partial charge in [-0.2, -0.15) is 0 Å². The second-order valence-corrected chi connectivity index (χ2v) is 9.27. The molecule has 3 fully saturated rings. The number of carbonyl (C=O) groups excluding carboxylic acids is 2. The number of amides is 2. The summed E-state index contributed by atoms with van der Waals surface area (Å²) in [7, 11) is 0. The zero-order valence-corrected chi connectivity index (χ0v) is 18.5. The van der Waals surface area contributed by atoms with Gasteiger partial charge in [-0.1, -0.05) is 24.3 Å². The molecular formula is C25H31N3O4. The fraction of sp³-hybridized carbons (Fsp3) is 0.560. The van der Waals surface area contributed by atoms with Gasteiger partial charge in [0, 0.05) is 44.6 Å². The summed E-state index contributed by atoms with van der Waals surface area (Å²) >= 11 is 0. The molecular weight excluding hydrogens is 406 g/mol. The molecule has 0 saturated carbocycles. The Kier molecular flexibility index (Phi) is 6.11. The van der Waals surface area contributed by atoms with E-state index in [1.807, 2.05) is 46.2 Å². The minimum absolute atomic E-state index is 0.0135. The van der Waals surface area contributed by atoms with Crippen LogP contribution in [0.4, 0.5) is 0 Å². The van der Waals surface area contributed by atoms with E-state index < -0.39 is 0 Å². The van der Waals surface area contributed by atoms with Crippen molar-refractivity contribution in [3.05, 3.63) is 42.1 Å². The highest BCUT2D eigenvalue weighted by molar-refractivity contribution is 5.95. The Morgan fingerprint density at radius 2 is 1.75 bits per heavy atom. The maximum atomic E-state index is 13.1. The monoisotopic (exact) mass is 437 g/mol.